The lowest BCUT2D eigenvalue weighted by atomic mass is 10.2. The van der Waals surface area contributed by atoms with Gasteiger partial charge in [-0.1, -0.05) is 23.7 Å². The molecule has 0 bridgehead atoms. The molecule has 1 aliphatic rings. The van der Waals surface area contributed by atoms with E-state index >= 15 is 0 Å². The number of aromatic nitrogens is 1. The first-order valence-corrected chi connectivity index (χ1v) is 12.4. The predicted molar refractivity (Wildman–Crippen MR) is 117 cm³/mol. The summed E-state index contributed by atoms with van der Waals surface area (Å²) >= 11 is 8.28. The molecule has 11 heteroatoms. The van der Waals surface area contributed by atoms with Crippen LogP contribution in [-0.2, 0) is 10.0 Å². The molecular weight excluding hydrogens is 452 g/mol. The van der Waals surface area contributed by atoms with Crippen molar-refractivity contribution < 1.29 is 13.2 Å². The number of rotatable bonds is 5. The van der Waals surface area contributed by atoms with Crippen molar-refractivity contribution >= 4 is 61.0 Å². The molecule has 1 saturated heterocycles. The van der Waals surface area contributed by atoms with Crippen molar-refractivity contribution in [2.24, 2.45) is 0 Å². The van der Waals surface area contributed by atoms with E-state index in [0.29, 0.717) is 31.2 Å². The Morgan fingerprint density at radius 2 is 1.90 bits per heavy atom. The lowest BCUT2D eigenvalue weighted by molar-refractivity contribution is 0.0742. The molecule has 1 fully saturated rings. The summed E-state index contributed by atoms with van der Waals surface area (Å²) in [4.78, 5) is 20.8. The molecule has 29 heavy (non-hydrogen) atoms. The number of nitrogens with one attached hydrogen (secondary N) is 1. The number of nitrogens with zero attached hydrogens (tertiary/aromatic N) is 3. The Hall–Kier alpha value is -2.14. The second kappa shape index (κ2) is 8.31. The molecule has 3 aromatic rings. The number of hydrogen-bond donors (Lipinski definition) is 1. The van der Waals surface area contributed by atoms with E-state index in [4.69, 9.17) is 11.6 Å². The van der Waals surface area contributed by atoms with E-state index in [0.717, 1.165) is 28.4 Å². The average molecular weight is 469 g/mol. The Bertz CT molecular complexity index is 1110. The van der Waals surface area contributed by atoms with Gasteiger partial charge in [-0.15, -0.1) is 22.7 Å². The van der Waals surface area contributed by atoms with E-state index in [2.05, 4.69) is 14.6 Å². The summed E-state index contributed by atoms with van der Waals surface area (Å²) < 4.78 is 27.2. The lowest BCUT2D eigenvalue weighted by Gasteiger charge is -2.35. The monoisotopic (exact) mass is 468 g/mol. The summed E-state index contributed by atoms with van der Waals surface area (Å²) in [6.45, 7) is 2.49. The summed E-state index contributed by atoms with van der Waals surface area (Å²) in [5.41, 5.74) is 1.28. The number of amides is 1. The number of piperazine rings is 1. The fourth-order valence-electron chi connectivity index (χ4n) is 3.00. The lowest BCUT2D eigenvalue weighted by Crippen LogP contribution is -2.48. The minimum absolute atomic E-state index is 0.180. The summed E-state index contributed by atoms with van der Waals surface area (Å²) in [5, 5.41) is 4.13. The highest BCUT2D eigenvalue weighted by molar-refractivity contribution is 7.94. The van der Waals surface area contributed by atoms with Crippen LogP contribution in [0.25, 0.3) is 0 Å². The maximum absolute atomic E-state index is 12.8. The topological polar surface area (TPSA) is 82.6 Å². The Kier molecular flexibility index (Phi) is 5.77. The third-order valence-electron chi connectivity index (χ3n) is 4.45. The van der Waals surface area contributed by atoms with E-state index in [1.807, 2.05) is 24.3 Å². The van der Waals surface area contributed by atoms with Gasteiger partial charge in [0.15, 0.2) is 5.13 Å². The fourth-order valence-corrected chi connectivity index (χ4v) is 6.12. The standard InChI is InChI=1S/C18H17ClN4O3S3/c19-13-3-1-4-14(11-13)22-6-8-23(9-7-22)17(24)15-12-28-18(20-15)21-29(25,26)16-5-2-10-27-16/h1-5,10-12H,6-9H2,(H,20,21). The van der Waals surface area contributed by atoms with Crippen LogP contribution in [0, 0.1) is 0 Å². The van der Waals surface area contributed by atoms with E-state index in [1.165, 1.54) is 6.07 Å². The van der Waals surface area contributed by atoms with Gasteiger partial charge in [0.05, 0.1) is 0 Å². The number of sulfonamides is 1. The van der Waals surface area contributed by atoms with Gasteiger partial charge in [-0.05, 0) is 29.6 Å². The van der Waals surface area contributed by atoms with E-state index < -0.39 is 10.0 Å². The molecule has 3 heterocycles. The van der Waals surface area contributed by atoms with Crippen molar-refractivity contribution in [3.8, 4) is 0 Å². The highest BCUT2D eigenvalue weighted by atomic mass is 35.5. The van der Waals surface area contributed by atoms with Crippen LogP contribution in [0.15, 0.2) is 51.4 Å². The third kappa shape index (κ3) is 4.55. The van der Waals surface area contributed by atoms with Crippen molar-refractivity contribution in [3.05, 3.63) is 57.9 Å². The van der Waals surface area contributed by atoms with Crippen LogP contribution in [0.5, 0.6) is 0 Å². The third-order valence-corrected chi connectivity index (χ3v) is 8.30. The zero-order chi connectivity index (χ0) is 20.4. The number of thiazole rings is 1. The normalized spacial score (nSPS) is 14.8. The molecule has 1 N–H and O–H groups in total. The number of halogens is 1. The van der Waals surface area contributed by atoms with Crippen molar-refractivity contribution in [1.29, 1.82) is 0 Å². The molecule has 4 rings (SSSR count). The van der Waals surface area contributed by atoms with Gasteiger partial charge in [0, 0.05) is 42.3 Å². The van der Waals surface area contributed by atoms with Crippen LogP contribution in [0.2, 0.25) is 5.02 Å². The molecule has 7 nitrogen and oxygen atoms in total. The van der Waals surface area contributed by atoms with E-state index in [1.54, 1.807) is 21.7 Å². The molecule has 0 aliphatic carbocycles. The maximum atomic E-state index is 12.8. The van der Waals surface area contributed by atoms with Crippen LogP contribution in [0.4, 0.5) is 10.8 Å². The van der Waals surface area contributed by atoms with Gasteiger partial charge < -0.3 is 9.80 Å². The molecule has 2 aromatic heterocycles. The molecule has 0 atom stereocenters. The molecule has 152 valence electrons. The number of anilines is 2. The Balaban J connectivity index is 1.39. The van der Waals surface area contributed by atoms with Crippen LogP contribution < -0.4 is 9.62 Å². The molecule has 0 saturated carbocycles. The zero-order valence-corrected chi connectivity index (χ0v) is 18.3. The highest BCUT2D eigenvalue weighted by Gasteiger charge is 2.25. The summed E-state index contributed by atoms with van der Waals surface area (Å²) in [6.07, 6.45) is 0. The van der Waals surface area contributed by atoms with Crippen molar-refractivity contribution in [1.82, 2.24) is 9.88 Å². The van der Waals surface area contributed by atoms with Gasteiger partial charge in [-0.3, -0.25) is 9.52 Å². The zero-order valence-electron chi connectivity index (χ0n) is 15.1. The maximum Gasteiger partial charge on any atom is 0.273 e. The molecule has 1 amide bonds. The predicted octanol–water partition coefficient (Wildman–Crippen LogP) is 3.62. The molecule has 1 aromatic carbocycles. The van der Waals surface area contributed by atoms with Crippen molar-refractivity contribution in [2.75, 3.05) is 35.8 Å². The van der Waals surface area contributed by atoms with E-state index in [9.17, 15) is 13.2 Å². The van der Waals surface area contributed by atoms with Crippen LogP contribution >= 0.6 is 34.3 Å². The second-order valence-electron chi connectivity index (χ2n) is 6.33. The molecule has 1 aliphatic heterocycles. The molecule has 0 unspecified atom stereocenters. The Labute approximate surface area is 181 Å². The Morgan fingerprint density at radius 1 is 1.10 bits per heavy atom. The van der Waals surface area contributed by atoms with Crippen molar-refractivity contribution in [3.63, 3.8) is 0 Å². The first-order valence-electron chi connectivity index (χ1n) is 8.74. The van der Waals surface area contributed by atoms with Gasteiger partial charge in [0.1, 0.15) is 9.90 Å². The average Bonchev–Trinajstić information content (AvgIpc) is 3.40. The Morgan fingerprint density at radius 3 is 2.59 bits per heavy atom. The number of carbonyl (C=O) groups is 1. The van der Waals surface area contributed by atoms with Gasteiger partial charge in [0.2, 0.25) is 0 Å². The summed E-state index contributed by atoms with van der Waals surface area (Å²) in [7, 11) is -3.67. The first kappa shape index (κ1) is 20.1. The summed E-state index contributed by atoms with van der Waals surface area (Å²) in [5.74, 6) is -0.200. The molecular formula is C18H17ClN4O3S3. The SMILES string of the molecule is O=C(c1csc(NS(=O)(=O)c2cccs2)n1)N1CCN(c2cccc(Cl)c2)CC1. The minimum Gasteiger partial charge on any atom is -0.368 e. The second-order valence-corrected chi connectivity index (χ2v) is 10.5. The van der Waals surface area contributed by atoms with Crippen molar-refractivity contribution in [2.45, 2.75) is 4.21 Å². The molecule has 0 radical (unpaired) electrons. The quantitative estimate of drug-likeness (QED) is 0.618. The number of thiophene rings is 1. The summed E-state index contributed by atoms with van der Waals surface area (Å²) in [6, 6.07) is 10.8. The number of hydrogen-bond acceptors (Lipinski definition) is 7. The largest absolute Gasteiger partial charge is 0.368 e. The smallest absolute Gasteiger partial charge is 0.273 e. The van der Waals surface area contributed by atoms with Gasteiger partial charge >= 0.3 is 0 Å². The van der Waals surface area contributed by atoms with Crippen LogP contribution in [-0.4, -0.2) is 50.4 Å². The van der Waals surface area contributed by atoms with Crippen LogP contribution in [0.1, 0.15) is 10.5 Å². The molecule has 0 spiro atoms. The first-order chi connectivity index (χ1) is 13.9. The van der Waals surface area contributed by atoms with Gasteiger partial charge in [-0.2, -0.15) is 0 Å². The van der Waals surface area contributed by atoms with Gasteiger partial charge in [-0.25, -0.2) is 13.4 Å². The number of benzene rings is 1. The highest BCUT2D eigenvalue weighted by Crippen LogP contribution is 2.24. The minimum atomic E-state index is -3.67. The fraction of sp³-hybridized carbons (Fsp3) is 0.222. The van der Waals surface area contributed by atoms with Gasteiger partial charge in [0.25, 0.3) is 15.9 Å². The number of carbonyl (C=O) groups excluding carboxylic acids is 1. The van der Waals surface area contributed by atoms with E-state index in [-0.39, 0.29) is 20.9 Å². The van der Waals surface area contributed by atoms with Crippen LogP contribution in [0.3, 0.4) is 0 Å².